The van der Waals surface area contributed by atoms with Crippen LogP contribution in [0.3, 0.4) is 0 Å². The topological polar surface area (TPSA) is 84.5 Å². The number of rotatable bonds is 9. The Kier molecular flexibility index (Phi) is 7.95. The molecule has 31 heavy (non-hydrogen) atoms. The highest BCUT2D eigenvalue weighted by Gasteiger charge is 2.16. The molecule has 3 aromatic rings. The molecule has 1 aromatic heterocycles. The number of thiophene rings is 1. The van der Waals surface area contributed by atoms with Gasteiger partial charge in [0.15, 0.2) is 6.61 Å². The van der Waals surface area contributed by atoms with Crippen LogP contribution in [0.1, 0.15) is 51.4 Å². The van der Waals surface area contributed by atoms with Crippen LogP contribution in [0.15, 0.2) is 72.1 Å². The van der Waals surface area contributed by atoms with Gasteiger partial charge in [-0.05, 0) is 41.6 Å². The van der Waals surface area contributed by atoms with E-state index in [2.05, 4.69) is 10.6 Å². The SMILES string of the molecule is CCCC(NC(=O)COC(=O)c1cccc(NC(=O)c2cccs2)c1)c1ccccc1. The number of carbonyl (C=O) groups excluding carboxylic acids is 3. The molecule has 3 rings (SSSR count). The average molecular weight is 437 g/mol. The summed E-state index contributed by atoms with van der Waals surface area (Å²) in [5.41, 5.74) is 1.74. The first-order valence-electron chi connectivity index (χ1n) is 10.0. The molecule has 1 unspecified atom stereocenters. The van der Waals surface area contributed by atoms with Gasteiger partial charge < -0.3 is 15.4 Å². The minimum absolute atomic E-state index is 0.131. The predicted octanol–water partition coefficient (Wildman–Crippen LogP) is 4.81. The Morgan fingerprint density at radius 3 is 2.52 bits per heavy atom. The number of hydrogen-bond acceptors (Lipinski definition) is 5. The summed E-state index contributed by atoms with van der Waals surface area (Å²) in [6, 6.07) is 19.5. The summed E-state index contributed by atoms with van der Waals surface area (Å²) in [4.78, 5) is 37.5. The third kappa shape index (κ3) is 6.52. The van der Waals surface area contributed by atoms with Crippen LogP contribution in [0, 0.1) is 0 Å². The summed E-state index contributed by atoms with van der Waals surface area (Å²) in [7, 11) is 0. The van der Waals surface area contributed by atoms with Gasteiger partial charge in [-0.25, -0.2) is 4.79 Å². The summed E-state index contributed by atoms with van der Waals surface area (Å²) < 4.78 is 5.18. The van der Waals surface area contributed by atoms with E-state index >= 15 is 0 Å². The highest BCUT2D eigenvalue weighted by molar-refractivity contribution is 7.12. The number of nitrogens with one attached hydrogen (secondary N) is 2. The molecule has 0 aliphatic carbocycles. The van der Waals surface area contributed by atoms with Crippen molar-refractivity contribution in [2.75, 3.05) is 11.9 Å². The molecule has 0 spiro atoms. The van der Waals surface area contributed by atoms with Crippen LogP contribution in [-0.2, 0) is 9.53 Å². The zero-order valence-corrected chi connectivity index (χ0v) is 18.0. The smallest absolute Gasteiger partial charge is 0.338 e. The molecule has 2 amide bonds. The second-order valence-corrected chi connectivity index (χ2v) is 7.86. The zero-order valence-electron chi connectivity index (χ0n) is 17.2. The highest BCUT2D eigenvalue weighted by Crippen LogP contribution is 2.18. The summed E-state index contributed by atoms with van der Waals surface area (Å²) in [6.07, 6.45) is 1.69. The molecule has 2 N–H and O–H groups in total. The van der Waals surface area contributed by atoms with Gasteiger partial charge in [-0.1, -0.05) is 55.8 Å². The summed E-state index contributed by atoms with van der Waals surface area (Å²) >= 11 is 1.33. The Hall–Kier alpha value is -3.45. The first-order valence-corrected chi connectivity index (χ1v) is 10.9. The quantitative estimate of drug-likeness (QED) is 0.471. The molecule has 6 nitrogen and oxygen atoms in total. The highest BCUT2D eigenvalue weighted by atomic mass is 32.1. The maximum Gasteiger partial charge on any atom is 0.338 e. The summed E-state index contributed by atoms with van der Waals surface area (Å²) in [6.45, 7) is 1.67. The molecule has 0 fully saturated rings. The van der Waals surface area contributed by atoms with E-state index in [9.17, 15) is 14.4 Å². The third-order valence-corrected chi connectivity index (χ3v) is 5.42. The van der Waals surface area contributed by atoms with E-state index in [1.54, 1.807) is 30.3 Å². The van der Waals surface area contributed by atoms with Crippen LogP contribution in [0.25, 0.3) is 0 Å². The van der Waals surface area contributed by atoms with Crippen LogP contribution in [0.4, 0.5) is 5.69 Å². The van der Waals surface area contributed by atoms with Gasteiger partial charge in [-0.3, -0.25) is 9.59 Å². The van der Waals surface area contributed by atoms with Crippen molar-refractivity contribution in [1.29, 1.82) is 0 Å². The third-order valence-electron chi connectivity index (χ3n) is 4.55. The maximum atomic E-state index is 12.4. The molecule has 0 bridgehead atoms. The van der Waals surface area contributed by atoms with E-state index in [4.69, 9.17) is 4.74 Å². The fourth-order valence-corrected chi connectivity index (χ4v) is 3.69. The molecule has 7 heteroatoms. The molecule has 0 aliphatic heterocycles. The van der Waals surface area contributed by atoms with Crippen LogP contribution in [0.5, 0.6) is 0 Å². The molecule has 0 aliphatic rings. The summed E-state index contributed by atoms with van der Waals surface area (Å²) in [5.74, 6) is -1.24. The maximum absolute atomic E-state index is 12.4. The molecule has 160 valence electrons. The zero-order chi connectivity index (χ0) is 22.1. The van der Waals surface area contributed by atoms with E-state index in [0.717, 1.165) is 18.4 Å². The number of hydrogen-bond donors (Lipinski definition) is 2. The number of ether oxygens (including phenoxy) is 1. The molecule has 1 heterocycles. The van der Waals surface area contributed by atoms with Crippen molar-refractivity contribution in [3.63, 3.8) is 0 Å². The molecular weight excluding hydrogens is 412 g/mol. The van der Waals surface area contributed by atoms with Crippen molar-refractivity contribution in [2.24, 2.45) is 0 Å². The minimum Gasteiger partial charge on any atom is -0.452 e. The molecule has 1 atom stereocenters. The number of carbonyl (C=O) groups is 3. The second kappa shape index (κ2) is 11.1. The lowest BCUT2D eigenvalue weighted by Gasteiger charge is -2.18. The lowest BCUT2D eigenvalue weighted by atomic mass is 10.0. The van der Waals surface area contributed by atoms with E-state index in [-0.39, 0.29) is 30.0 Å². The van der Waals surface area contributed by atoms with Gasteiger partial charge in [0.2, 0.25) is 0 Å². The Bertz CT molecular complexity index is 1020. The first-order chi connectivity index (χ1) is 15.1. The van der Waals surface area contributed by atoms with Gasteiger partial charge in [-0.15, -0.1) is 11.3 Å². The average Bonchev–Trinajstić information content (AvgIpc) is 3.33. The van der Waals surface area contributed by atoms with E-state index < -0.39 is 5.97 Å². The van der Waals surface area contributed by atoms with Crippen molar-refractivity contribution >= 4 is 34.8 Å². The van der Waals surface area contributed by atoms with Crippen LogP contribution in [0.2, 0.25) is 0 Å². The van der Waals surface area contributed by atoms with Gasteiger partial charge in [0, 0.05) is 5.69 Å². The van der Waals surface area contributed by atoms with Crippen molar-refractivity contribution in [3.8, 4) is 0 Å². The van der Waals surface area contributed by atoms with E-state index in [1.165, 1.54) is 17.4 Å². The van der Waals surface area contributed by atoms with Gasteiger partial charge >= 0.3 is 5.97 Å². The Balaban J connectivity index is 1.55. The predicted molar refractivity (Wildman–Crippen MR) is 121 cm³/mol. The standard InChI is InChI=1S/C24H24N2O4S/c1-2-8-20(17-9-4-3-5-10-17)26-22(27)16-30-24(29)18-11-6-12-19(15-18)25-23(28)21-13-7-14-31-21/h3-7,9-15,20H,2,8,16H2,1H3,(H,25,28)(H,26,27). The van der Waals surface area contributed by atoms with Gasteiger partial charge in [0.05, 0.1) is 16.5 Å². The fourth-order valence-electron chi connectivity index (χ4n) is 3.07. The Morgan fingerprint density at radius 2 is 1.81 bits per heavy atom. The van der Waals surface area contributed by atoms with Gasteiger partial charge in [0.1, 0.15) is 0 Å². The number of benzene rings is 2. The monoisotopic (exact) mass is 436 g/mol. The summed E-state index contributed by atoms with van der Waals surface area (Å²) in [5, 5.41) is 7.49. The fraction of sp³-hybridized carbons (Fsp3) is 0.208. The molecule has 0 radical (unpaired) electrons. The van der Waals surface area contributed by atoms with Crippen molar-refractivity contribution in [2.45, 2.75) is 25.8 Å². The second-order valence-electron chi connectivity index (χ2n) is 6.91. The number of amides is 2. The number of anilines is 1. The van der Waals surface area contributed by atoms with E-state index in [0.29, 0.717) is 10.6 Å². The molecule has 2 aromatic carbocycles. The van der Waals surface area contributed by atoms with Gasteiger partial charge in [-0.2, -0.15) is 0 Å². The van der Waals surface area contributed by atoms with Crippen LogP contribution >= 0.6 is 11.3 Å². The van der Waals surface area contributed by atoms with Crippen molar-refractivity contribution in [3.05, 3.63) is 88.1 Å². The largest absolute Gasteiger partial charge is 0.452 e. The lowest BCUT2D eigenvalue weighted by Crippen LogP contribution is -2.32. The Labute approximate surface area is 185 Å². The van der Waals surface area contributed by atoms with Crippen LogP contribution < -0.4 is 10.6 Å². The first kappa shape index (κ1) is 22.2. The lowest BCUT2D eigenvalue weighted by molar-refractivity contribution is -0.125. The van der Waals surface area contributed by atoms with Crippen molar-refractivity contribution in [1.82, 2.24) is 5.32 Å². The van der Waals surface area contributed by atoms with E-state index in [1.807, 2.05) is 42.6 Å². The Morgan fingerprint density at radius 1 is 1.00 bits per heavy atom. The van der Waals surface area contributed by atoms with Crippen molar-refractivity contribution < 1.29 is 19.1 Å². The minimum atomic E-state index is -0.630. The molecule has 0 saturated carbocycles. The number of esters is 1. The van der Waals surface area contributed by atoms with Gasteiger partial charge in [0.25, 0.3) is 11.8 Å². The molecular formula is C24H24N2O4S. The van der Waals surface area contributed by atoms with Crippen LogP contribution in [-0.4, -0.2) is 24.4 Å². The normalized spacial score (nSPS) is 11.4. The molecule has 0 saturated heterocycles.